The molecule has 1 aliphatic carbocycles. The van der Waals surface area contributed by atoms with Crippen molar-refractivity contribution in [3.05, 3.63) is 54.9 Å². The van der Waals surface area contributed by atoms with E-state index in [2.05, 4.69) is 15.7 Å². The molecule has 0 spiro atoms. The zero-order valence-electron chi connectivity index (χ0n) is 28.8. The van der Waals surface area contributed by atoms with E-state index in [9.17, 15) is 24.3 Å². The van der Waals surface area contributed by atoms with E-state index >= 15 is 0 Å². The molecule has 14 heteroatoms. The van der Waals surface area contributed by atoms with Crippen molar-refractivity contribution in [3.8, 4) is 17.3 Å². The number of ether oxygens (including phenoxy) is 3. The van der Waals surface area contributed by atoms with Gasteiger partial charge in [-0.3, -0.25) is 9.59 Å². The predicted molar refractivity (Wildman–Crippen MR) is 182 cm³/mol. The average molecular weight is 689 g/mol. The Morgan fingerprint density at radius 3 is 2.68 bits per heavy atom. The molecule has 0 radical (unpaired) electrons. The van der Waals surface area contributed by atoms with Gasteiger partial charge in [0.1, 0.15) is 40.8 Å². The topological polar surface area (TPSA) is 174 Å². The van der Waals surface area contributed by atoms with Crippen molar-refractivity contribution in [1.82, 2.24) is 30.3 Å². The smallest absolute Gasteiger partial charge is 0.408 e. The summed E-state index contributed by atoms with van der Waals surface area (Å²) in [4.78, 5) is 59.9. The largest absolute Gasteiger partial charge is 0.497 e. The molecule has 2 aliphatic heterocycles. The maximum absolute atomic E-state index is 14.4. The number of carbonyl (C=O) groups excluding carboxylic acids is 3. The number of methoxy groups -OCH3 is 1. The summed E-state index contributed by atoms with van der Waals surface area (Å²) >= 11 is 0. The van der Waals surface area contributed by atoms with Crippen LogP contribution in [0.5, 0.6) is 11.5 Å². The minimum absolute atomic E-state index is 0.0178. The Morgan fingerprint density at radius 2 is 1.96 bits per heavy atom. The number of fused-ring (bicyclic) bond motifs is 3. The van der Waals surface area contributed by atoms with Crippen molar-refractivity contribution in [1.29, 1.82) is 0 Å². The predicted octanol–water partition coefficient (Wildman–Crippen LogP) is 4.15. The number of hydrogen-bond acceptors (Lipinski definition) is 9. The van der Waals surface area contributed by atoms with Crippen LogP contribution in [0.15, 0.2) is 54.9 Å². The summed E-state index contributed by atoms with van der Waals surface area (Å²) < 4.78 is 19.1. The second kappa shape index (κ2) is 14.0. The Balaban J connectivity index is 1.34. The van der Waals surface area contributed by atoms with E-state index in [1.54, 1.807) is 69.2 Å². The number of carbonyl (C=O) groups is 4. The monoisotopic (exact) mass is 688 g/mol. The van der Waals surface area contributed by atoms with E-state index in [-0.39, 0.29) is 25.3 Å². The van der Waals surface area contributed by atoms with Crippen molar-refractivity contribution in [2.24, 2.45) is 5.92 Å². The van der Waals surface area contributed by atoms with Crippen LogP contribution in [-0.2, 0) is 19.1 Å². The van der Waals surface area contributed by atoms with E-state index < -0.39 is 53.2 Å². The number of allylic oxidation sites excluding steroid dienone is 1. The molecule has 1 saturated heterocycles. The van der Waals surface area contributed by atoms with Gasteiger partial charge >= 0.3 is 12.1 Å². The standard InChI is InChI=1S/C36H44N6O8/c1-35(2,3)50-34(47)39-26-12-9-7-5-6-8-11-22-20-36(22,33(45)46)40-31(43)28-18-24(21-41(28)32(26)44)49-29-19-30(42-16-10-15-37-42)38-27-17-23(48-4)13-14-25(27)29/h8,10-11,13-17,19,22,24,26,28H,5-7,9,12,18,20-21H2,1-4H3,(H,39,47)(H,40,43)(H,45,46)/b11-8-/t22-,24-,26+,28+,36-/m1/s1. The van der Waals surface area contributed by atoms with Crippen molar-refractivity contribution in [2.45, 2.75) is 95.0 Å². The Hall–Kier alpha value is -5.14. The van der Waals surface area contributed by atoms with Gasteiger partial charge in [0.15, 0.2) is 5.82 Å². The summed E-state index contributed by atoms with van der Waals surface area (Å²) in [5.41, 5.74) is -1.65. The van der Waals surface area contributed by atoms with Crippen LogP contribution >= 0.6 is 0 Å². The minimum atomic E-state index is -1.45. The molecular formula is C36H44N6O8. The van der Waals surface area contributed by atoms with Crippen molar-refractivity contribution in [3.63, 3.8) is 0 Å². The number of pyridine rings is 1. The third-order valence-corrected chi connectivity index (χ3v) is 9.31. The van der Waals surface area contributed by atoms with Crippen LogP contribution in [0, 0.1) is 5.92 Å². The molecule has 5 atom stereocenters. The summed E-state index contributed by atoms with van der Waals surface area (Å²) in [6, 6.07) is 6.89. The molecular weight excluding hydrogens is 644 g/mol. The van der Waals surface area contributed by atoms with Crippen LogP contribution in [0.2, 0.25) is 0 Å². The van der Waals surface area contributed by atoms with Crippen LogP contribution in [0.25, 0.3) is 16.7 Å². The lowest BCUT2D eigenvalue weighted by molar-refractivity contribution is -0.145. The molecule has 6 rings (SSSR count). The fourth-order valence-corrected chi connectivity index (χ4v) is 6.69. The number of hydrogen-bond donors (Lipinski definition) is 3. The molecule has 2 fully saturated rings. The molecule has 3 amide bonds. The lowest BCUT2D eigenvalue weighted by Crippen LogP contribution is -2.56. The van der Waals surface area contributed by atoms with Crippen molar-refractivity contribution in [2.75, 3.05) is 13.7 Å². The molecule has 0 bridgehead atoms. The van der Waals surface area contributed by atoms with Crippen LogP contribution in [0.4, 0.5) is 4.79 Å². The molecule has 3 N–H and O–H groups in total. The molecule has 14 nitrogen and oxygen atoms in total. The quantitative estimate of drug-likeness (QED) is 0.319. The van der Waals surface area contributed by atoms with Crippen molar-refractivity contribution >= 4 is 34.8 Å². The Kier molecular flexibility index (Phi) is 9.72. The van der Waals surface area contributed by atoms with Gasteiger partial charge in [0.25, 0.3) is 0 Å². The number of aliphatic carboxylic acids is 1. The highest BCUT2D eigenvalue weighted by Crippen LogP contribution is 2.45. The maximum Gasteiger partial charge on any atom is 0.408 e. The van der Waals surface area contributed by atoms with E-state index in [0.29, 0.717) is 41.1 Å². The van der Waals surface area contributed by atoms with E-state index in [4.69, 9.17) is 19.2 Å². The third kappa shape index (κ3) is 7.53. The number of nitrogens with zero attached hydrogens (tertiary/aromatic N) is 4. The van der Waals surface area contributed by atoms with E-state index in [0.717, 1.165) is 19.3 Å². The van der Waals surface area contributed by atoms with Gasteiger partial charge in [-0.2, -0.15) is 5.10 Å². The van der Waals surface area contributed by atoms with Crippen LogP contribution < -0.4 is 20.1 Å². The zero-order chi connectivity index (χ0) is 35.6. The van der Waals surface area contributed by atoms with Gasteiger partial charge in [-0.25, -0.2) is 19.3 Å². The summed E-state index contributed by atoms with van der Waals surface area (Å²) in [6.07, 6.45) is 9.52. The lowest BCUT2D eigenvalue weighted by Gasteiger charge is -2.30. The van der Waals surface area contributed by atoms with Gasteiger partial charge in [-0.05, 0) is 64.7 Å². The minimum Gasteiger partial charge on any atom is -0.497 e. The number of alkyl carbamates (subject to hydrolysis) is 1. The molecule has 3 aromatic rings. The molecule has 1 saturated carbocycles. The number of carboxylic acid groups (broad SMARTS) is 1. The first-order chi connectivity index (χ1) is 23.9. The highest BCUT2D eigenvalue weighted by atomic mass is 16.6. The highest BCUT2D eigenvalue weighted by Gasteiger charge is 2.61. The summed E-state index contributed by atoms with van der Waals surface area (Å²) in [5, 5.41) is 20.7. The number of amides is 3. The van der Waals surface area contributed by atoms with Crippen molar-refractivity contribution < 1.29 is 38.5 Å². The Morgan fingerprint density at radius 1 is 1.14 bits per heavy atom. The summed E-state index contributed by atoms with van der Waals surface area (Å²) in [5.74, 6) is -0.973. The third-order valence-electron chi connectivity index (χ3n) is 9.31. The van der Waals surface area contributed by atoms with E-state index in [1.165, 1.54) is 4.90 Å². The number of nitrogens with one attached hydrogen (secondary N) is 2. The second-order valence-corrected chi connectivity index (χ2v) is 14.1. The first-order valence-corrected chi connectivity index (χ1v) is 17.0. The first-order valence-electron chi connectivity index (χ1n) is 17.0. The first kappa shape index (κ1) is 34.7. The molecule has 266 valence electrons. The Labute approximate surface area is 290 Å². The van der Waals surface area contributed by atoms with Gasteiger partial charge < -0.3 is 34.9 Å². The summed E-state index contributed by atoms with van der Waals surface area (Å²) in [6.45, 7) is 5.23. The molecule has 3 aliphatic rings. The van der Waals surface area contributed by atoms with Crippen LogP contribution in [-0.4, -0.2) is 91.6 Å². The second-order valence-electron chi connectivity index (χ2n) is 14.1. The van der Waals surface area contributed by atoms with Gasteiger partial charge in [0.2, 0.25) is 11.8 Å². The molecule has 1 aromatic carbocycles. The lowest BCUT2D eigenvalue weighted by atomic mass is 10.0. The molecule has 0 unspecified atom stereocenters. The van der Waals surface area contributed by atoms with Gasteiger partial charge in [0.05, 0.1) is 19.2 Å². The highest BCUT2D eigenvalue weighted by molar-refractivity contribution is 5.96. The van der Waals surface area contributed by atoms with Gasteiger partial charge in [-0.15, -0.1) is 0 Å². The maximum atomic E-state index is 14.4. The number of benzene rings is 1. The number of rotatable bonds is 6. The molecule has 2 aromatic heterocycles. The number of carboxylic acids is 1. The summed E-state index contributed by atoms with van der Waals surface area (Å²) in [7, 11) is 1.57. The van der Waals surface area contributed by atoms with Crippen LogP contribution in [0.1, 0.15) is 65.7 Å². The van der Waals surface area contributed by atoms with E-state index in [1.807, 2.05) is 18.2 Å². The fourth-order valence-electron chi connectivity index (χ4n) is 6.69. The van der Waals surface area contributed by atoms with Crippen LogP contribution in [0.3, 0.4) is 0 Å². The zero-order valence-corrected chi connectivity index (χ0v) is 28.8. The average Bonchev–Trinajstić information content (AvgIpc) is 3.38. The van der Waals surface area contributed by atoms with Gasteiger partial charge in [-0.1, -0.05) is 25.0 Å². The Bertz CT molecular complexity index is 1790. The van der Waals surface area contributed by atoms with Gasteiger partial charge in [0, 0.05) is 42.3 Å². The number of aromatic nitrogens is 3. The fraction of sp³-hybridized carbons (Fsp3) is 0.500. The SMILES string of the molecule is COc1ccc2c(O[C@@H]3C[C@H]4C(=O)N[C@]5(C(=O)O)C[C@H]5/C=C\CCCCC[C@H](NC(=O)OC(C)(C)C)C(=O)N4C3)cc(-n3cccn3)nc2c1. The normalized spacial score (nSPS) is 26.4. The molecule has 4 heterocycles. The molecule has 50 heavy (non-hydrogen) atoms.